The number of hydrogen-bond donors (Lipinski definition) is 2. The number of anilines is 3. The second kappa shape index (κ2) is 6.96. The zero-order valence-corrected chi connectivity index (χ0v) is 13.8. The minimum absolute atomic E-state index is 0.479. The van der Waals surface area contributed by atoms with Gasteiger partial charge in [-0.15, -0.1) is 0 Å². The third-order valence-corrected chi connectivity index (χ3v) is 3.56. The summed E-state index contributed by atoms with van der Waals surface area (Å²) in [4.78, 5) is 8.80. The molecule has 112 valence electrons. The van der Waals surface area contributed by atoms with Crippen LogP contribution in [-0.4, -0.2) is 16.5 Å². The van der Waals surface area contributed by atoms with Gasteiger partial charge >= 0.3 is 0 Å². The lowest BCUT2D eigenvalue weighted by Crippen LogP contribution is -2.11. The van der Waals surface area contributed by atoms with Crippen molar-refractivity contribution in [3.63, 3.8) is 0 Å². The van der Waals surface area contributed by atoms with Gasteiger partial charge in [-0.1, -0.05) is 43.1 Å². The Bertz CT molecular complexity index is 629. The number of rotatable bonds is 5. The van der Waals surface area contributed by atoms with E-state index >= 15 is 0 Å². The largest absolute Gasteiger partial charge is 0.354 e. The van der Waals surface area contributed by atoms with Crippen LogP contribution in [0.4, 0.5) is 17.5 Å². The Morgan fingerprint density at radius 1 is 1.19 bits per heavy atom. The third-order valence-electron chi connectivity index (χ3n) is 2.74. The molecule has 0 saturated carbocycles. The topological polar surface area (TPSA) is 49.8 Å². The van der Waals surface area contributed by atoms with Gasteiger partial charge < -0.3 is 10.6 Å². The summed E-state index contributed by atoms with van der Waals surface area (Å²) in [6, 6.07) is 7.29. The molecule has 2 N–H and O–H groups in total. The average Bonchev–Trinajstić information content (AvgIpc) is 2.41. The van der Waals surface area contributed by atoms with Crippen molar-refractivity contribution < 1.29 is 0 Å². The predicted molar refractivity (Wildman–Crippen MR) is 89.8 cm³/mol. The van der Waals surface area contributed by atoms with E-state index in [-0.39, 0.29) is 0 Å². The molecule has 0 fully saturated rings. The lowest BCUT2D eigenvalue weighted by molar-refractivity contribution is 0.684. The van der Waals surface area contributed by atoms with Crippen LogP contribution in [0.5, 0.6) is 0 Å². The average molecular weight is 325 g/mol. The fourth-order valence-electron chi connectivity index (χ4n) is 1.75. The highest BCUT2D eigenvalue weighted by Crippen LogP contribution is 2.31. The molecule has 6 heteroatoms. The maximum Gasteiger partial charge on any atom is 0.224 e. The van der Waals surface area contributed by atoms with Crippen molar-refractivity contribution in [3.8, 4) is 0 Å². The third kappa shape index (κ3) is 4.48. The lowest BCUT2D eigenvalue weighted by atomic mass is 10.2. The van der Waals surface area contributed by atoms with Crippen LogP contribution < -0.4 is 10.6 Å². The summed E-state index contributed by atoms with van der Waals surface area (Å²) in [7, 11) is 0. The van der Waals surface area contributed by atoms with E-state index in [0.717, 1.165) is 17.9 Å². The monoisotopic (exact) mass is 324 g/mol. The molecular formula is C15H18Cl2N4. The second-order valence-electron chi connectivity index (χ2n) is 5.22. The molecule has 4 nitrogen and oxygen atoms in total. The van der Waals surface area contributed by atoms with Gasteiger partial charge in [0, 0.05) is 18.3 Å². The maximum absolute atomic E-state index is 6.17. The molecular weight excluding hydrogens is 307 g/mol. The molecule has 1 aromatic carbocycles. The fourth-order valence-corrected chi connectivity index (χ4v) is 2.09. The molecule has 0 bridgehead atoms. The number of aryl methyl sites for hydroxylation is 1. The van der Waals surface area contributed by atoms with Gasteiger partial charge in [0.15, 0.2) is 0 Å². The van der Waals surface area contributed by atoms with Gasteiger partial charge in [0.1, 0.15) is 5.82 Å². The van der Waals surface area contributed by atoms with E-state index in [4.69, 9.17) is 23.2 Å². The van der Waals surface area contributed by atoms with Gasteiger partial charge in [0.05, 0.1) is 15.7 Å². The molecule has 0 amide bonds. The smallest absolute Gasteiger partial charge is 0.224 e. The number of halogens is 2. The van der Waals surface area contributed by atoms with Gasteiger partial charge in [0.2, 0.25) is 5.95 Å². The highest BCUT2D eigenvalue weighted by Gasteiger charge is 2.07. The Kier molecular flexibility index (Phi) is 5.26. The van der Waals surface area contributed by atoms with Crippen molar-refractivity contribution in [1.29, 1.82) is 0 Å². The molecule has 2 rings (SSSR count). The molecule has 1 aromatic heterocycles. The van der Waals surface area contributed by atoms with Gasteiger partial charge in [-0.25, -0.2) is 4.98 Å². The van der Waals surface area contributed by atoms with E-state index in [2.05, 4.69) is 34.4 Å². The first-order valence-corrected chi connectivity index (χ1v) is 7.52. The molecule has 0 aliphatic carbocycles. The Hall–Kier alpha value is -1.52. The molecule has 0 spiro atoms. The standard InChI is InChI=1S/C15H18Cl2N4/c1-9(2)8-18-15-19-10(3)7-13(21-15)20-12-6-4-5-11(16)14(12)17/h4-7,9H,8H2,1-3H3,(H2,18,19,20,21). The fraction of sp³-hybridized carbons (Fsp3) is 0.333. The first kappa shape index (κ1) is 15.9. The van der Waals surface area contributed by atoms with E-state index in [1.54, 1.807) is 6.07 Å². The Labute approximate surface area is 134 Å². The summed E-state index contributed by atoms with van der Waals surface area (Å²) in [6.07, 6.45) is 0. The van der Waals surface area contributed by atoms with Crippen molar-refractivity contribution in [1.82, 2.24) is 9.97 Å². The Morgan fingerprint density at radius 3 is 2.67 bits per heavy atom. The molecule has 0 atom stereocenters. The Balaban J connectivity index is 2.21. The number of nitrogens with zero attached hydrogens (tertiary/aromatic N) is 2. The van der Waals surface area contributed by atoms with Crippen LogP contribution in [0.3, 0.4) is 0 Å². The summed E-state index contributed by atoms with van der Waals surface area (Å²) in [5.74, 6) is 1.80. The first-order chi connectivity index (χ1) is 9.95. The quantitative estimate of drug-likeness (QED) is 0.820. The summed E-state index contributed by atoms with van der Waals surface area (Å²) in [5.41, 5.74) is 1.59. The normalized spacial score (nSPS) is 10.8. The minimum atomic E-state index is 0.479. The maximum atomic E-state index is 6.17. The van der Waals surface area contributed by atoms with Crippen LogP contribution in [-0.2, 0) is 0 Å². The number of nitrogens with one attached hydrogen (secondary N) is 2. The van der Waals surface area contributed by atoms with E-state index < -0.39 is 0 Å². The molecule has 0 radical (unpaired) electrons. The molecule has 0 unspecified atom stereocenters. The van der Waals surface area contributed by atoms with Crippen molar-refractivity contribution in [2.75, 3.05) is 17.2 Å². The highest BCUT2D eigenvalue weighted by atomic mass is 35.5. The summed E-state index contributed by atoms with van der Waals surface area (Å²) in [5, 5.41) is 7.37. The second-order valence-corrected chi connectivity index (χ2v) is 6.00. The summed E-state index contributed by atoms with van der Waals surface area (Å²) >= 11 is 12.2. The van der Waals surface area contributed by atoms with Gasteiger partial charge in [-0.05, 0) is 25.0 Å². The van der Waals surface area contributed by atoms with Gasteiger partial charge in [0.25, 0.3) is 0 Å². The minimum Gasteiger partial charge on any atom is -0.354 e. The van der Waals surface area contributed by atoms with Crippen LogP contribution in [0.2, 0.25) is 10.0 Å². The van der Waals surface area contributed by atoms with Crippen LogP contribution >= 0.6 is 23.2 Å². The molecule has 1 heterocycles. The van der Waals surface area contributed by atoms with Crippen molar-refractivity contribution in [2.24, 2.45) is 5.92 Å². The van der Waals surface area contributed by atoms with Gasteiger partial charge in [-0.3, -0.25) is 0 Å². The molecule has 0 aliphatic rings. The summed E-state index contributed by atoms with van der Waals surface area (Å²) in [6.45, 7) is 7.01. The van der Waals surface area contributed by atoms with Crippen LogP contribution in [0.15, 0.2) is 24.3 Å². The highest BCUT2D eigenvalue weighted by molar-refractivity contribution is 6.43. The van der Waals surface area contributed by atoms with Crippen LogP contribution in [0, 0.1) is 12.8 Å². The Morgan fingerprint density at radius 2 is 1.95 bits per heavy atom. The molecule has 0 aliphatic heterocycles. The predicted octanol–water partition coefficient (Wildman–Crippen LogP) is 4.90. The van der Waals surface area contributed by atoms with E-state index in [1.165, 1.54) is 0 Å². The molecule has 21 heavy (non-hydrogen) atoms. The SMILES string of the molecule is Cc1cc(Nc2cccc(Cl)c2Cl)nc(NCC(C)C)n1. The van der Waals surface area contributed by atoms with Crippen molar-refractivity contribution >= 4 is 40.7 Å². The van der Waals surface area contributed by atoms with Crippen LogP contribution in [0.25, 0.3) is 0 Å². The first-order valence-electron chi connectivity index (χ1n) is 6.76. The van der Waals surface area contributed by atoms with E-state index in [1.807, 2.05) is 25.1 Å². The zero-order chi connectivity index (χ0) is 15.4. The van der Waals surface area contributed by atoms with Gasteiger partial charge in [-0.2, -0.15) is 4.98 Å². The van der Waals surface area contributed by atoms with Crippen molar-refractivity contribution in [2.45, 2.75) is 20.8 Å². The number of hydrogen-bond acceptors (Lipinski definition) is 4. The van der Waals surface area contributed by atoms with Crippen LogP contribution in [0.1, 0.15) is 19.5 Å². The zero-order valence-electron chi connectivity index (χ0n) is 12.2. The van der Waals surface area contributed by atoms with E-state index in [9.17, 15) is 0 Å². The molecule has 0 saturated heterocycles. The summed E-state index contributed by atoms with van der Waals surface area (Å²) < 4.78 is 0. The lowest BCUT2D eigenvalue weighted by Gasteiger charge is -2.12. The molecule has 2 aromatic rings. The van der Waals surface area contributed by atoms with E-state index in [0.29, 0.717) is 27.7 Å². The number of aromatic nitrogens is 2. The van der Waals surface area contributed by atoms with Crippen molar-refractivity contribution in [3.05, 3.63) is 40.0 Å². The number of benzene rings is 1.